The lowest BCUT2D eigenvalue weighted by Gasteiger charge is -2.18. The highest BCUT2D eigenvalue weighted by molar-refractivity contribution is 14.0. The average Bonchev–Trinajstić information content (AvgIpc) is 2.50. The highest BCUT2D eigenvalue weighted by Gasteiger charge is 2.26. The number of nitrogens with zero attached hydrogens (tertiary/aromatic N) is 1. The second kappa shape index (κ2) is 11.2. The third-order valence-corrected chi connectivity index (χ3v) is 2.88. The third kappa shape index (κ3) is 9.68. The number of ether oxygens (including phenoxy) is 2. The first kappa shape index (κ1) is 22.6. The van der Waals surface area contributed by atoms with Crippen molar-refractivity contribution in [1.82, 2.24) is 10.6 Å². The quantitative estimate of drug-likeness (QED) is 0.372. The summed E-state index contributed by atoms with van der Waals surface area (Å²) in [4.78, 5) is 3.86. The molecule has 0 fully saturated rings. The number of guanidine groups is 1. The highest BCUT2D eigenvalue weighted by Crippen LogP contribution is 2.18. The van der Waals surface area contributed by atoms with E-state index in [1.54, 1.807) is 31.4 Å². The van der Waals surface area contributed by atoms with Gasteiger partial charge in [-0.1, -0.05) is 0 Å². The summed E-state index contributed by atoms with van der Waals surface area (Å²) in [7, 11) is 3.08. The molecule has 0 aliphatic rings. The molecule has 0 aliphatic heterocycles. The van der Waals surface area contributed by atoms with Gasteiger partial charge in [0, 0.05) is 13.6 Å². The van der Waals surface area contributed by atoms with Gasteiger partial charge in [-0.25, -0.2) is 0 Å². The summed E-state index contributed by atoms with van der Waals surface area (Å²) in [5.41, 5.74) is 0. The molecule has 0 bridgehead atoms. The Morgan fingerprint density at radius 3 is 2.25 bits per heavy atom. The fourth-order valence-electron chi connectivity index (χ4n) is 1.71. The smallest absolute Gasteiger partial charge is 0.390 e. The number of nitrogens with one attached hydrogen (secondary N) is 2. The van der Waals surface area contributed by atoms with Crippen LogP contribution in [-0.4, -0.2) is 45.5 Å². The summed E-state index contributed by atoms with van der Waals surface area (Å²) in [6.45, 7) is 2.02. The average molecular weight is 461 g/mol. The normalized spacial score (nSPS) is 12.8. The Morgan fingerprint density at radius 2 is 1.75 bits per heavy atom. The van der Waals surface area contributed by atoms with Crippen molar-refractivity contribution in [3.8, 4) is 11.5 Å². The largest absolute Gasteiger partial charge is 0.497 e. The Kier molecular flexibility index (Phi) is 10.6. The van der Waals surface area contributed by atoms with Crippen molar-refractivity contribution in [2.75, 3.05) is 27.2 Å². The van der Waals surface area contributed by atoms with Crippen LogP contribution >= 0.6 is 24.0 Å². The maximum atomic E-state index is 12.1. The van der Waals surface area contributed by atoms with E-state index in [1.165, 1.54) is 7.05 Å². The number of methoxy groups -OCH3 is 1. The van der Waals surface area contributed by atoms with Crippen molar-refractivity contribution in [1.29, 1.82) is 0 Å². The van der Waals surface area contributed by atoms with E-state index in [0.717, 1.165) is 5.75 Å². The molecule has 24 heavy (non-hydrogen) atoms. The molecule has 0 heterocycles. The minimum absolute atomic E-state index is 0. The molecule has 0 saturated carbocycles. The van der Waals surface area contributed by atoms with Gasteiger partial charge in [0.25, 0.3) is 0 Å². The van der Waals surface area contributed by atoms with Crippen molar-refractivity contribution in [3.05, 3.63) is 24.3 Å². The van der Waals surface area contributed by atoms with Crippen molar-refractivity contribution in [2.45, 2.75) is 25.6 Å². The third-order valence-electron chi connectivity index (χ3n) is 2.88. The first-order chi connectivity index (χ1) is 10.8. The molecule has 2 N–H and O–H groups in total. The van der Waals surface area contributed by atoms with E-state index in [0.29, 0.717) is 18.3 Å². The van der Waals surface area contributed by atoms with Gasteiger partial charge in [0.1, 0.15) is 17.6 Å². The van der Waals surface area contributed by atoms with Crippen LogP contribution < -0.4 is 20.1 Å². The fraction of sp³-hybridized carbons (Fsp3) is 0.533. The Hall–Kier alpha value is -1.39. The van der Waals surface area contributed by atoms with Gasteiger partial charge in [-0.2, -0.15) is 13.2 Å². The molecule has 1 aromatic rings. The topological polar surface area (TPSA) is 54.9 Å². The summed E-state index contributed by atoms with van der Waals surface area (Å²) in [5.74, 6) is 1.72. The maximum absolute atomic E-state index is 12.1. The molecule has 0 aliphatic carbocycles. The number of alkyl halides is 3. The molecule has 0 aromatic heterocycles. The van der Waals surface area contributed by atoms with Crippen molar-refractivity contribution < 1.29 is 22.6 Å². The van der Waals surface area contributed by atoms with Crippen molar-refractivity contribution >= 4 is 29.9 Å². The summed E-state index contributed by atoms with van der Waals surface area (Å²) in [6.07, 6.45) is -5.29. The van der Waals surface area contributed by atoms with E-state index in [9.17, 15) is 13.2 Å². The van der Waals surface area contributed by atoms with Gasteiger partial charge in [0.05, 0.1) is 20.1 Å². The Balaban J connectivity index is 0.00000529. The Bertz CT molecular complexity index is 496. The van der Waals surface area contributed by atoms with E-state index in [-0.39, 0.29) is 36.6 Å². The second-order valence-electron chi connectivity index (χ2n) is 4.85. The zero-order valence-electron chi connectivity index (χ0n) is 13.8. The monoisotopic (exact) mass is 461 g/mol. The number of rotatable bonds is 7. The van der Waals surface area contributed by atoms with Crippen LogP contribution in [-0.2, 0) is 0 Å². The van der Waals surface area contributed by atoms with Gasteiger partial charge in [-0.15, -0.1) is 24.0 Å². The summed E-state index contributed by atoms with van der Waals surface area (Å²) in [5, 5.41) is 5.53. The van der Waals surface area contributed by atoms with Gasteiger partial charge < -0.3 is 20.1 Å². The molecule has 5 nitrogen and oxygen atoms in total. The van der Waals surface area contributed by atoms with Crippen LogP contribution in [0, 0.1) is 0 Å². The molecule has 1 unspecified atom stereocenters. The Labute approximate surface area is 157 Å². The molecular weight excluding hydrogens is 438 g/mol. The van der Waals surface area contributed by atoms with Gasteiger partial charge in [-0.3, -0.25) is 4.99 Å². The van der Waals surface area contributed by atoms with E-state index in [2.05, 4.69) is 15.6 Å². The molecule has 0 saturated heterocycles. The molecule has 138 valence electrons. The van der Waals surface area contributed by atoms with E-state index in [4.69, 9.17) is 9.47 Å². The number of halogens is 4. The van der Waals surface area contributed by atoms with Crippen LogP contribution in [0.3, 0.4) is 0 Å². The molecule has 1 rings (SSSR count). The minimum Gasteiger partial charge on any atom is -0.497 e. The predicted octanol–water partition coefficient (Wildman–Crippen LogP) is 3.20. The fourth-order valence-corrected chi connectivity index (χ4v) is 1.71. The maximum Gasteiger partial charge on any atom is 0.390 e. The first-order valence-corrected chi connectivity index (χ1v) is 7.16. The SMILES string of the molecule is CN=C(NCCC(F)(F)F)NCC(C)Oc1ccc(OC)cc1.I. The number of hydrogen-bond acceptors (Lipinski definition) is 3. The summed E-state index contributed by atoms with van der Waals surface area (Å²) >= 11 is 0. The van der Waals surface area contributed by atoms with Crippen molar-refractivity contribution in [3.63, 3.8) is 0 Å². The molecule has 0 radical (unpaired) electrons. The zero-order valence-corrected chi connectivity index (χ0v) is 16.1. The Morgan fingerprint density at radius 1 is 1.17 bits per heavy atom. The lowest BCUT2D eigenvalue weighted by Crippen LogP contribution is -2.42. The zero-order chi connectivity index (χ0) is 17.3. The highest BCUT2D eigenvalue weighted by atomic mass is 127. The van der Waals surface area contributed by atoms with E-state index >= 15 is 0 Å². The van der Waals surface area contributed by atoms with Crippen LogP contribution in [0.2, 0.25) is 0 Å². The van der Waals surface area contributed by atoms with Gasteiger partial charge in [0.15, 0.2) is 5.96 Å². The van der Waals surface area contributed by atoms with Crippen LogP contribution in [0.15, 0.2) is 29.3 Å². The number of benzene rings is 1. The van der Waals surface area contributed by atoms with Crippen LogP contribution in [0.4, 0.5) is 13.2 Å². The van der Waals surface area contributed by atoms with Crippen LogP contribution in [0.1, 0.15) is 13.3 Å². The lowest BCUT2D eigenvalue weighted by molar-refractivity contribution is -0.132. The number of hydrogen-bond donors (Lipinski definition) is 2. The molecule has 0 amide bonds. The van der Waals surface area contributed by atoms with Crippen LogP contribution in [0.5, 0.6) is 11.5 Å². The van der Waals surface area contributed by atoms with Crippen molar-refractivity contribution in [2.24, 2.45) is 4.99 Å². The second-order valence-corrected chi connectivity index (χ2v) is 4.85. The number of aliphatic imine (C=N–C) groups is 1. The lowest BCUT2D eigenvalue weighted by atomic mass is 10.3. The molecule has 0 spiro atoms. The van der Waals surface area contributed by atoms with Crippen LogP contribution in [0.25, 0.3) is 0 Å². The summed E-state index contributed by atoms with van der Waals surface area (Å²) < 4.78 is 47.0. The summed E-state index contributed by atoms with van der Waals surface area (Å²) in [6, 6.07) is 7.14. The molecular formula is C15H23F3IN3O2. The molecule has 9 heteroatoms. The van der Waals surface area contributed by atoms with E-state index in [1.807, 2.05) is 6.92 Å². The predicted molar refractivity (Wildman–Crippen MR) is 98.5 cm³/mol. The van der Waals surface area contributed by atoms with Gasteiger partial charge >= 0.3 is 6.18 Å². The van der Waals surface area contributed by atoms with E-state index < -0.39 is 12.6 Å². The standard InChI is InChI=1S/C15H22F3N3O2.HI/c1-11(23-13-6-4-12(22-3)5-7-13)10-21-14(19-2)20-9-8-15(16,17)18;/h4-7,11H,8-10H2,1-3H3,(H2,19,20,21);1H. The molecule has 1 aromatic carbocycles. The minimum atomic E-state index is -4.18. The van der Waals surface area contributed by atoms with Gasteiger partial charge in [0.2, 0.25) is 0 Å². The first-order valence-electron chi connectivity index (χ1n) is 7.16. The molecule has 1 atom stereocenters. The van der Waals surface area contributed by atoms with Gasteiger partial charge in [-0.05, 0) is 31.2 Å².